The smallest absolute Gasteiger partial charge is 0.131 e. The van der Waals surface area contributed by atoms with Crippen LogP contribution < -0.4 is 4.74 Å². The van der Waals surface area contributed by atoms with Crippen molar-refractivity contribution in [1.82, 2.24) is 5.16 Å². The molecule has 0 atom stereocenters. The summed E-state index contributed by atoms with van der Waals surface area (Å²) in [7, 11) is 0. The quantitative estimate of drug-likeness (QED) is 0.707. The highest BCUT2D eigenvalue weighted by Gasteiger charge is 2.00. The lowest BCUT2D eigenvalue weighted by atomic mass is 10.1. The van der Waals surface area contributed by atoms with Gasteiger partial charge in [0, 0.05) is 5.56 Å². The molecule has 90 valence electrons. The van der Waals surface area contributed by atoms with Crippen molar-refractivity contribution in [3.63, 3.8) is 0 Å². The number of ether oxygens (including phenoxy) is 1. The van der Waals surface area contributed by atoms with Crippen LogP contribution in [0.2, 0.25) is 0 Å². The third-order valence-corrected chi connectivity index (χ3v) is 2.64. The summed E-state index contributed by atoms with van der Waals surface area (Å²) in [5.41, 5.74) is 2.08. The van der Waals surface area contributed by atoms with E-state index in [2.05, 4.69) is 12.1 Å². The van der Waals surface area contributed by atoms with Gasteiger partial charge in [0.15, 0.2) is 0 Å². The van der Waals surface area contributed by atoms with E-state index in [0.717, 1.165) is 29.9 Å². The zero-order valence-electron chi connectivity index (χ0n) is 10.1. The molecule has 0 N–H and O–H groups in total. The van der Waals surface area contributed by atoms with Crippen molar-refractivity contribution in [2.45, 2.75) is 26.2 Å². The predicted octanol–water partition coefficient (Wildman–Crippen LogP) is 3.91. The zero-order chi connectivity index (χ0) is 11.9. The van der Waals surface area contributed by atoms with Gasteiger partial charge in [-0.25, -0.2) is 0 Å². The minimum Gasteiger partial charge on any atom is -0.494 e. The van der Waals surface area contributed by atoms with Gasteiger partial charge >= 0.3 is 0 Å². The molecule has 0 aliphatic rings. The molecule has 0 unspecified atom stereocenters. The maximum Gasteiger partial charge on any atom is 0.131 e. The summed E-state index contributed by atoms with van der Waals surface area (Å²) in [6, 6.07) is 7.99. The van der Waals surface area contributed by atoms with E-state index in [1.165, 1.54) is 12.8 Å². The van der Waals surface area contributed by atoms with Gasteiger partial charge in [-0.1, -0.05) is 37.1 Å². The molecule has 0 fully saturated rings. The fraction of sp³-hybridized carbons (Fsp3) is 0.357. The van der Waals surface area contributed by atoms with E-state index in [9.17, 15) is 0 Å². The molecular formula is C14H17NO2. The number of aromatic nitrogens is 1. The standard InChI is InChI=1S/C14H17NO2/c1-2-3-4-9-16-14-7-5-12(6-8-14)13-10-15-17-11-13/h5-8,10-11H,2-4,9H2,1H3. The van der Waals surface area contributed by atoms with Gasteiger partial charge in [-0.3, -0.25) is 0 Å². The Kier molecular flexibility index (Phi) is 4.19. The van der Waals surface area contributed by atoms with E-state index in [4.69, 9.17) is 9.26 Å². The van der Waals surface area contributed by atoms with Gasteiger partial charge in [-0.2, -0.15) is 0 Å². The second-order valence-corrected chi connectivity index (χ2v) is 3.99. The Morgan fingerprint density at radius 1 is 1.12 bits per heavy atom. The summed E-state index contributed by atoms with van der Waals surface area (Å²) in [4.78, 5) is 0. The lowest BCUT2D eigenvalue weighted by Gasteiger charge is -2.05. The highest BCUT2D eigenvalue weighted by Crippen LogP contribution is 2.21. The topological polar surface area (TPSA) is 35.3 Å². The molecule has 1 aromatic heterocycles. The van der Waals surface area contributed by atoms with Gasteiger partial charge in [-0.05, 0) is 24.1 Å². The molecule has 3 heteroatoms. The SMILES string of the molecule is CCCCCOc1ccc(-c2cnoc2)cc1. The summed E-state index contributed by atoms with van der Waals surface area (Å²) in [6.45, 7) is 2.98. The van der Waals surface area contributed by atoms with Crippen molar-refractivity contribution >= 4 is 0 Å². The maximum atomic E-state index is 5.64. The van der Waals surface area contributed by atoms with Crippen LogP contribution >= 0.6 is 0 Å². The molecule has 17 heavy (non-hydrogen) atoms. The lowest BCUT2D eigenvalue weighted by Crippen LogP contribution is -1.96. The average molecular weight is 231 g/mol. The van der Waals surface area contributed by atoms with Crippen LogP contribution in [0.25, 0.3) is 11.1 Å². The van der Waals surface area contributed by atoms with Crippen molar-refractivity contribution in [2.24, 2.45) is 0 Å². The van der Waals surface area contributed by atoms with E-state index in [0.29, 0.717) is 0 Å². The maximum absolute atomic E-state index is 5.64. The molecule has 0 amide bonds. The van der Waals surface area contributed by atoms with Crippen molar-refractivity contribution in [2.75, 3.05) is 6.61 Å². The molecule has 0 bridgehead atoms. The average Bonchev–Trinajstić information content (AvgIpc) is 2.89. The number of nitrogens with zero attached hydrogens (tertiary/aromatic N) is 1. The third-order valence-electron chi connectivity index (χ3n) is 2.64. The molecule has 0 saturated carbocycles. The van der Waals surface area contributed by atoms with Gasteiger partial charge in [-0.15, -0.1) is 0 Å². The first-order valence-electron chi connectivity index (χ1n) is 6.03. The summed E-state index contributed by atoms with van der Waals surface area (Å²) in [5.74, 6) is 0.918. The highest BCUT2D eigenvalue weighted by atomic mass is 16.5. The van der Waals surface area contributed by atoms with Crippen LogP contribution in [0.5, 0.6) is 5.75 Å². The molecular weight excluding hydrogens is 214 g/mol. The first-order valence-corrected chi connectivity index (χ1v) is 6.03. The Bertz CT molecular complexity index is 420. The van der Waals surface area contributed by atoms with Crippen LogP contribution in [-0.2, 0) is 0 Å². The Labute approximate surface area is 101 Å². The second-order valence-electron chi connectivity index (χ2n) is 3.99. The number of hydrogen-bond acceptors (Lipinski definition) is 3. The largest absolute Gasteiger partial charge is 0.494 e. The van der Waals surface area contributed by atoms with E-state index in [1.54, 1.807) is 12.5 Å². The van der Waals surface area contributed by atoms with Crippen LogP contribution in [-0.4, -0.2) is 11.8 Å². The van der Waals surface area contributed by atoms with Crippen molar-refractivity contribution in [3.8, 4) is 16.9 Å². The zero-order valence-corrected chi connectivity index (χ0v) is 10.1. The van der Waals surface area contributed by atoms with Crippen molar-refractivity contribution < 1.29 is 9.26 Å². The predicted molar refractivity (Wildman–Crippen MR) is 67.0 cm³/mol. The van der Waals surface area contributed by atoms with E-state index in [-0.39, 0.29) is 0 Å². The minimum atomic E-state index is 0.792. The third kappa shape index (κ3) is 3.34. The van der Waals surface area contributed by atoms with Crippen LogP contribution in [0.1, 0.15) is 26.2 Å². The summed E-state index contributed by atoms with van der Waals surface area (Å²) in [5, 5.41) is 3.68. The minimum absolute atomic E-state index is 0.792. The molecule has 0 spiro atoms. The Balaban J connectivity index is 1.90. The molecule has 2 aromatic rings. The van der Waals surface area contributed by atoms with E-state index < -0.39 is 0 Å². The Morgan fingerprint density at radius 3 is 2.59 bits per heavy atom. The van der Waals surface area contributed by atoms with Gasteiger partial charge in [0.05, 0.1) is 12.8 Å². The second kappa shape index (κ2) is 6.09. The van der Waals surface area contributed by atoms with Crippen LogP contribution in [0.4, 0.5) is 0 Å². The number of benzene rings is 1. The summed E-state index contributed by atoms with van der Waals surface area (Å²) >= 11 is 0. The van der Waals surface area contributed by atoms with Crippen molar-refractivity contribution in [3.05, 3.63) is 36.7 Å². The summed E-state index contributed by atoms with van der Waals surface area (Å²) in [6.07, 6.45) is 6.90. The highest BCUT2D eigenvalue weighted by molar-refractivity contribution is 5.61. The van der Waals surface area contributed by atoms with Crippen LogP contribution in [0.15, 0.2) is 41.2 Å². The molecule has 3 nitrogen and oxygen atoms in total. The molecule has 1 heterocycles. The lowest BCUT2D eigenvalue weighted by molar-refractivity contribution is 0.306. The van der Waals surface area contributed by atoms with Gasteiger partial charge in [0.1, 0.15) is 12.0 Å². The molecule has 2 rings (SSSR count). The number of hydrogen-bond donors (Lipinski definition) is 0. The first-order chi connectivity index (χ1) is 8.40. The van der Waals surface area contributed by atoms with Gasteiger partial charge in [0.25, 0.3) is 0 Å². The molecule has 0 aliphatic carbocycles. The van der Waals surface area contributed by atoms with Gasteiger partial charge in [0.2, 0.25) is 0 Å². The fourth-order valence-electron chi connectivity index (χ4n) is 1.63. The molecule has 0 radical (unpaired) electrons. The molecule has 0 aliphatic heterocycles. The normalized spacial score (nSPS) is 10.4. The summed E-state index contributed by atoms with van der Waals surface area (Å²) < 4.78 is 10.5. The van der Waals surface area contributed by atoms with E-state index in [1.807, 2.05) is 24.3 Å². The van der Waals surface area contributed by atoms with Gasteiger partial charge < -0.3 is 9.26 Å². The van der Waals surface area contributed by atoms with Crippen molar-refractivity contribution in [1.29, 1.82) is 0 Å². The fourth-order valence-corrected chi connectivity index (χ4v) is 1.63. The molecule has 1 aromatic carbocycles. The Morgan fingerprint density at radius 2 is 1.94 bits per heavy atom. The molecule has 0 saturated heterocycles. The van der Waals surface area contributed by atoms with Crippen LogP contribution in [0, 0.1) is 0 Å². The van der Waals surface area contributed by atoms with E-state index >= 15 is 0 Å². The number of rotatable bonds is 6. The monoisotopic (exact) mass is 231 g/mol. The number of unbranched alkanes of at least 4 members (excludes halogenated alkanes) is 2. The first kappa shape index (κ1) is 11.7. The van der Waals surface area contributed by atoms with Crippen LogP contribution in [0.3, 0.4) is 0 Å². The Hall–Kier alpha value is -1.77.